The molecule has 0 spiro atoms. The minimum absolute atomic E-state index is 0.0948. The number of nitrogens with zero attached hydrogens (tertiary/aromatic N) is 5. The standard InChI is InChI=1S/C19H16N6O3/c1-24-16(14(11-20-24)19(27)28-2)18(26)21-13-8-9-25-15(10-13)22-17(23-25)12-6-4-3-5-7-12/h3-11H,1-2H3,(H,21,26). The number of nitrogens with one attached hydrogen (secondary N) is 1. The van der Waals surface area contributed by atoms with Crippen LogP contribution in [0.3, 0.4) is 0 Å². The van der Waals surface area contributed by atoms with Crippen molar-refractivity contribution in [2.24, 2.45) is 7.05 Å². The van der Waals surface area contributed by atoms with Crippen molar-refractivity contribution in [1.82, 2.24) is 24.4 Å². The predicted octanol–water partition coefficient (Wildman–Crippen LogP) is 2.17. The van der Waals surface area contributed by atoms with E-state index in [2.05, 4.69) is 20.5 Å². The number of aromatic nitrogens is 5. The lowest BCUT2D eigenvalue weighted by Gasteiger charge is -2.07. The summed E-state index contributed by atoms with van der Waals surface area (Å²) in [6.07, 6.45) is 3.00. The summed E-state index contributed by atoms with van der Waals surface area (Å²) >= 11 is 0. The molecule has 28 heavy (non-hydrogen) atoms. The first-order chi connectivity index (χ1) is 13.6. The van der Waals surface area contributed by atoms with Crippen molar-refractivity contribution in [2.45, 2.75) is 0 Å². The summed E-state index contributed by atoms with van der Waals surface area (Å²) in [6, 6.07) is 13.0. The van der Waals surface area contributed by atoms with Gasteiger partial charge in [-0.3, -0.25) is 9.48 Å². The molecule has 0 fully saturated rings. The fourth-order valence-corrected chi connectivity index (χ4v) is 2.83. The molecule has 0 saturated carbocycles. The lowest BCUT2D eigenvalue weighted by atomic mass is 10.2. The monoisotopic (exact) mass is 376 g/mol. The average molecular weight is 376 g/mol. The van der Waals surface area contributed by atoms with Gasteiger partial charge in [-0.2, -0.15) is 5.10 Å². The normalized spacial score (nSPS) is 10.8. The Morgan fingerprint density at radius 1 is 1.14 bits per heavy atom. The third-order valence-corrected chi connectivity index (χ3v) is 4.19. The van der Waals surface area contributed by atoms with Crippen molar-refractivity contribution < 1.29 is 14.3 Å². The van der Waals surface area contributed by atoms with E-state index in [0.717, 1.165) is 5.56 Å². The van der Waals surface area contributed by atoms with Crippen LogP contribution in [0.4, 0.5) is 5.69 Å². The van der Waals surface area contributed by atoms with Crippen molar-refractivity contribution in [3.8, 4) is 11.4 Å². The van der Waals surface area contributed by atoms with Crippen LogP contribution in [0.2, 0.25) is 0 Å². The van der Waals surface area contributed by atoms with Crippen LogP contribution in [-0.4, -0.2) is 43.4 Å². The quantitative estimate of drug-likeness (QED) is 0.548. The number of carbonyl (C=O) groups is 2. The van der Waals surface area contributed by atoms with Gasteiger partial charge < -0.3 is 10.1 Å². The van der Waals surface area contributed by atoms with Gasteiger partial charge in [0.25, 0.3) is 5.91 Å². The highest BCUT2D eigenvalue weighted by molar-refractivity contribution is 6.09. The van der Waals surface area contributed by atoms with Gasteiger partial charge in [0.1, 0.15) is 11.3 Å². The molecule has 9 heteroatoms. The molecule has 4 rings (SSSR count). The van der Waals surface area contributed by atoms with Crippen LogP contribution in [0.25, 0.3) is 17.0 Å². The van der Waals surface area contributed by atoms with Crippen molar-refractivity contribution in [3.05, 3.63) is 66.1 Å². The summed E-state index contributed by atoms with van der Waals surface area (Å²) in [7, 11) is 2.83. The first-order valence-corrected chi connectivity index (χ1v) is 8.40. The zero-order valence-corrected chi connectivity index (χ0v) is 15.2. The van der Waals surface area contributed by atoms with Crippen LogP contribution in [0.1, 0.15) is 20.8 Å². The SMILES string of the molecule is COC(=O)c1cnn(C)c1C(=O)Nc1ccn2nc(-c3ccccc3)nc2c1. The summed E-state index contributed by atoms with van der Waals surface area (Å²) < 4.78 is 7.65. The molecule has 3 aromatic heterocycles. The molecule has 0 bridgehead atoms. The molecule has 3 heterocycles. The van der Waals surface area contributed by atoms with E-state index in [1.165, 1.54) is 18.0 Å². The number of methoxy groups -OCH3 is 1. The van der Waals surface area contributed by atoms with E-state index >= 15 is 0 Å². The number of benzene rings is 1. The Morgan fingerprint density at radius 2 is 1.93 bits per heavy atom. The highest BCUT2D eigenvalue weighted by Gasteiger charge is 2.23. The minimum Gasteiger partial charge on any atom is -0.465 e. The van der Waals surface area contributed by atoms with Gasteiger partial charge in [0, 0.05) is 30.6 Å². The first-order valence-electron chi connectivity index (χ1n) is 8.40. The van der Waals surface area contributed by atoms with Gasteiger partial charge in [-0.25, -0.2) is 14.3 Å². The molecular weight excluding hydrogens is 360 g/mol. The third-order valence-electron chi connectivity index (χ3n) is 4.19. The number of aryl methyl sites for hydroxylation is 1. The van der Waals surface area contributed by atoms with Crippen LogP contribution >= 0.6 is 0 Å². The Labute approximate surface area is 159 Å². The number of pyridine rings is 1. The summed E-state index contributed by atoms with van der Waals surface area (Å²) in [6.45, 7) is 0. The van der Waals surface area contributed by atoms with Crippen LogP contribution < -0.4 is 5.32 Å². The van der Waals surface area contributed by atoms with E-state index in [1.807, 2.05) is 30.3 Å². The van der Waals surface area contributed by atoms with Gasteiger partial charge in [-0.1, -0.05) is 30.3 Å². The van der Waals surface area contributed by atoms with E-state index in [-0.39, 0.29) is 11.3 Å². The third kappa shape index (κ3) is 3.09. The molecule has 0 aliphatic heterocycles. The Morgan fingerprint density at radius 3 is 2.68 bits per heavy atom. The molecule has 0 radical (unpaired) electrons. The van der Waals surface area contributed by atoms with Gasteiger partial charge >= 0.3 is 5.97 Å². The average Bonchev–Trinajstić information content (AvgIpc) is 3.31. The molecule has 0 aliphatic rings. The van der Waals surface area contributed by atoms with Crippen molar-refractivity contribution in [1.29, 1.82) is 0 Å². The van der Waals surface area contributed by atoms with E-state index < -0.39 is 11.9 Å². The van der Waals surface area contributed by atoms with Gasteiger partial charge in [-0.05, 0) is 6.07 Å². The number of carbonyl (C=O) groups excluding carboxylic acids is 2. The number of ether oxygens (including phenoxy) is 1. The smallest absolute Gasteiger partial charge is 0.341 e. The number of amides is 1. The van der Waals surface area contributed by atoms with E-state index in [4.69, 9.17) is 4.74 Å². The second kappa shape index (κ2) is 6.95. The zero-order chi connectivity index (χ0) is 19.7. The lowest BCUT2D eigenvalue weighted by molar-refractivity contribution is 0.0597. The molecule has 1 N–H and O–H groups in total. The van der Waals surface area contributed by atoms with Crippen molar-refractivity contribution >= 4 is 23.2 Å². The molecule has 4 aromatic rings. The van der Waals surface area contributed by atoms with Crippen LogP contribution in [0, 0.1) is 0 Å². The highest BCUT2D eigenvalue weighted by atomic mass is 16.5. The molecule has 1 aromatic carbocycles. The summed E-state index contributed by atoms with van der Waals surface area (Å²) in [5, 5.41) is 11.2. The number of rotatable bonds is 4. The van der Waals surface area contributed by atoms with Gasteiger partial charge in [0.2, 0.25) is 0 Å². The summed E-state index contributed by atoms with van der Waals surface area (Å²) in [5.74, 6) is -0.519. The van der Waals surface area contributed by atoms with E-state index in [0.29, 0.717) is 17.2 Å². The fraction of sp³-hybridized carbons (Fsp3) is 0.105. The van der Waals surface area contributed by atoms with Gasteiger partial charge in [0.05, 0.1) is 13.3 Å². The van der Waals surface area contributed by atoms with Crippen LogP contribution in [0.5, 0.6) is 0 Å². The highest BCUT2D eigenvalue weighted by Crippen LogP contribution is 2.19. The molecule has 0 aliphatic carbocycles. The molecule has 1 amide bonds. The molecule has 9 nitrogen and oxygen atoms in total. The topological polar surface area (TPSA) is 103 Å². The number of hydrogen-bond donors (Lipinski definition) is 1. The molecule has 0 saturated heterocycles. The predicted molar refractivity (Wildman–Crippen MR) is 101 cm³/mol. The molecule has 140 valence electrons. The second-order valence-corrected chi connectivity index (χ2v) is 6.00. The maximum Gasteiger partial charge on any atom is 0.341 e. The van der Waals surface area contributed by atoms with Crippen molar-refractivity contribution in [3.63, 3.8) is 0 Å². The zero-order valence-electron chi connectivity index (χ0n) is 15.2. The van der Waals surface area contributed by atoms with E-state index in [9.17, 15) is 9.59 Å². The fourth-order valence-electron chi connectivity index (χ4n) is 2.83. The van der Waals surface area contributed by atoms with E-state index in [1.54, 1.807) is 29.9 Å². The first kappa shape index (κ1) is 17.4. The Hall–Kier alpha value is -4.01. The number of hydrogen-bond acceptors (Lipinski definition) is 6. The van der Waals surface area contributed by atoms with Gasteiger partial charge in [0.15, 0.2) is 11.5 Å². The lowest BCUT2D eigenvalue weighted by Crippen LogP contribution is -2.20. The largest absolute Gasteiger partial charge is 0.465 e. The number of esters is 1. The maximum atomic E-state index is 12.7. The number of anilines is 1. The van der Waals surface area contributed by atoms with Gasteiger partial charge in [-0.15, -0.1) is 5.10 Å². The summed E-state index contributed by atoms with van der Waals surface area (Å²) in [5.41, 5.74) is 2.20. The Balaban J connectivity index is 1.63. The number of fused-ring (bicyclic) bond motifs is 1. The Bertz CT molecular complexity index is 1180. The van der Waals surface area contributed by atoms with Crippen molar-refractivity contribution in [2.75, 3.05) is 12.4 Å². The molecular formula is C19H16N6O3. The van der Waals surface area contributed by atoms with Crippen LogP contribution in [0.15, 0.2) is 54.9 Å². The molecule has 0 unspecified atom stereocenters. The summed E-state index contributed by atoms with van der Waals surface area (Å²) in [4.78, 5) is 29.0. The minimum atomic E-state index is -0.626. The Kier molecular flexibility index (Phi) is 4.32. The maximum absolute atomic E-state index is 12.7. The molecule has 0 atom stereocenters. The second-order valence-electron chi connectivity index (χ2n) is 6.00. The van der Waals surface area contributed by atoms with Crippen LogP contribution in [-0.2, 0) is 11.8 Å².